The van der Waals surface area contributed by atoms with Crippen LogP contribution in [0.1, 0.15) is 11.1 Å². The molecular weight excluding hydrogens is 326 g/mol. The molecule has 0 radical (unpaired) electrons. The molecule has 4 aromatic rings. The Morgan fingerprint density at radius 3 is 1.67 bits per heavy atom. The second-order valence-electron chi connectivity index (χ2n) is 6.82. The predicted octanol–water partition coefficient (Wildman–Crippen LogP) is 7.00. The van der Waals surface area contributed by atoms with Gasteiger partial charge in [-0.3, -0.25) is 0 Å². The van der Waals surface area contributed by atoms with E-state index in [0.717, 1.165) is 6.54 Å². The zero-order chi connectivity index (χ0) is 18.5. The Labute approximate surface area is 161 Å². The Hall–Kier alpha value is -3.32. The maximum Gasteiger partial charge on any atom is 0.0481 e. The van der Waals surface area contributed by atoms with E-state index in [-0.39, 0.29) is 0 Å². The van der Waals surface area contributed by atoms with Gasteiger partial charge in [0.05, 0.1) is 0 Å². The number of aryl methyl sites for hydroxylation is 1. The van der Waals surface area contributed by atoms with E-state index in [0.29, 0.717) is 0 Å². The monoisotopic (exact) mass is 349 g/mol. The lowest BCUT2D eigenvalue weighted by Crippen LogP contribution is -2.16. The molecule has 0 aliphatic heterocycles. The number of hydrogen-bond donors (Lipinski definition) is 0. The van der Waals surface area contributed by atoms with E-state index in [1.54, 1.807) is 0 Å². The van der Waals surface area contributed by atoms with Gasteiger partial charge in [0, 0.05) is 17.9 Å². The molecule has 0 amide bonds. The molecule has 0 saturated carbocycles. The molecule has 0 N–H and O–H groups in total. The van der Waals surface area contributed by atoms with E-state index in [1.165, 1.54) is 33.6 Å². The number of hydrogen-bond acceptors (Lipinski definition) is 1. The van der Waals surface area contributed by atoms with Gasteiger partial charge in [0.25, 0.3) is 0 Å². The predicted molar refractivity (Wildman–Crippen MR) is 115 cm³/mol. The van der Waals surface area contributed by atoms with Gasteiger partial charge >= 0.3 is 0 Å². The smallest absolute Gasteiger partial charge is 0.0481 e. The summed E-state index contributed by atoms with van der Waals surface area (Å²) in [5.74, 6) is 0. The van der Waals surface area contributed by atoms with Crippen molar-refractivity contribution >= 4 is 11.4 Å². The fourth-order valence-corrected chi connectivity index (χ4v) is 3.28. The van der Waals surface area contributed by atoms with Crippen molar-refractivity contribution < 1.29 is 0 Å². The first-order chi connectivity index (χ1) is 13.3. The van der Waals surface area contributed by atoms with E-state index in [1.807, 2.05) is 0 Å². The topological polar surface area (TPSA) is 3.24 Å². The first-order valence-corrected chi connectivity index (χ1v) is 9.33. The van der Waals surface area contributed by atoms with Crippen molar-refractivity contribution in [3.63, 3.8) is 0 Å². The second kappa shape index (κ2) is 7.92. The van der Waals surface area contributed by atoms with Crippen LogP contribution in [-0.4, -0.2) is 0 Å². The molecule has 0 heterocycles. The van der Waals surface area contributed by atoms with Crippen molar-refractivity contribution in [2.75, 3.05) is 4.90 Å². The first kappa shape index (κ1) is 17.1. The van der Waals surface area contributed by atoms with Crippen molar-refractivity contribution in [2.24, 2.45) is 0 Å². The summed E-state index contributed by atoms with van der Waals surface area (Å²) < 4.78 is 0. The van der Waals surface area contributed by atoms with Crippen LogP contribution < -0.4 is 4.90 Å². The summed E-state index contributed by atoms with van der Waals surface area (Å²) in [5.41, 5.74) is 7.47. The molecule has 0 aliphatic rings. The molecular formula is C26H23N. The van der Waals surface area contributed by atoms with Gasteiger partial charge in [-0.15, -0.1) is 0 Å². The van der Waals surface area contributed by atoms with Crippen molar-refractivity contribution in [3.8, 4) is 11.1 Å². The van der Waals surface area contributed by atoms with Crippen LogP contribution in [0.4, 0.5) is 11.4 Å². The van der Waals surface area contributed by atoms with E-state index in [9.17, 15) is 0 Å². The van der Waals surface area contributed by atoms with Crippen LogP contribution in [0.15, 0.2) is 109 Å². The van der Waals surface area contributed by atoms with E-state index in [4.69, 9.17) is 0 Å². The highest BCUT2D eigenvalue weighted by Gasteiger charge is 2.10. The molecule has 0 aromatic heterocycles. The van der Waals surface area contributed by atoms with Crippen LogP contribution in [0.25, 0.3) is 11.1 Å². The minimum absolute atomic E-state index is 0.842. The van der Waals surface area contributed by atoms with Gasteiger partial charge in [-0.2, -0.15) is 0 Å². The average Bonchev–Trinajstić information content (AvgIpc) is 2.75. The van der Waals surface area contributed by atoms with Gasteiger partial charge in [0.2, 0.25) is 0 Å². The van der Waals surface area contributed by atoms with Crippen molar-refractivity contribution in [1.82, 2.24) is 0 Å². The molecule has 27 heavy (non-hydrogen) atoms. The Bertz CT molecular complexity index is 972. The number of nitrogens with zero attached hydrogens (tertiary/aromatic N) is 1. The van der Waals surface area contributed by atoms with Crippen molar-refractivity contribution in [1.29, 1.82) is 0 Å². The van der Waals surface area contributed by atoms with Crippen LogP contribution in [0.2, 0.25) is 0 Å². The molecule has 4 rings (SSSR count). The molecule has 0 aliphatic carbocycles. The zero-order valence-electron chi connectivity index (χ0n) is 15.5. The largest absolute Gasteiger partial charge is 0.337 e. The normalized spacial score (nSPS) is 10.6. The summed E-state index contributed by atoms with van der Waals surface area (Å²) in [6, 6.07) is 38.7. The van der Waals surface area contributed by atoms with E-state index < -0.39 is 0 Å². The molecule has 0 saturated heterocycles. The minimum Gasteiger partial charge on any atom is -0.337 e. The Balaban J connectivity index is 1.67. The maximum absolute atomic E-state index is 2.36. The van der Waals surface area contributed by atoms with Gasteiger partial charge in [-0.25, -0.2) is 0 Å². The van der Waals surface area contributed by atoms with Crippen LogP contribution in [0.5, 0.6) is 0 Å². The molecule has 1 heteroatoms. The molecule has 0 unspecified atom stereocenters. The Morgan fingerprint density at radius 2 is 1.04 bits per heavy atom. The second-order valence-corrected chi connectivity index (χ2v) is 6.82. The van der Waals surface area contributed by atoms with Gasteiger partial charge in [-0.05, 0) is 47.9 Å². The lowest BCUT2D eigenvalue weighted by atomic mass is 10.0. The highest BCUT2D eigenvalue weighted by Crippen LogP contribution is 2.30. The zero-order valence-corrected chi connectivity index (χ0v) is 15.5. The summed E-state index contributed by atoms with van der Waals surface area (Å²) in [4.78, 5) is 2.36. The van der Waals surface area contributed by atoms with Crippen LogP contribution in [0.3, 0.4) is 0 Å². The highest BCUT2D eigenvalue weighted by atomic mass is 15.1. The summed E-state index contributed by atoms with van der Waals surface area (Å²) in [5, 5.41) is 0. The van der Waals surface area contributed by atoms with Crippen molar-refractivity contribution in [2.45, 2.75) is 13.5 Å². The quantitative estimate of drug-likeness (QED) is 0.375. The summed E-state index contributed by atoms with van der Waals surface area (Å²) in [7, 11) is 0. The third-order valence-corrected chi connectivity index (χ3v) is 4.82. The molecule has 0 spiro atoms. The number of rotatable bonds is 5. The van der Waals surface area contributed by atoms with E-state index >= 15 is 0 Å². The maximum atomic E-state index is 2.36. The molecule has 0 fully saturated rings. The highest BCUT2D eigenvalue weighted by molar-refractivity contribution is 5.69. The third-order valence-electron chi connectivity index (χ3n) is 4.82. The molecule has 0 bridgehead atoms. The molecule has 1 nitrogen and oxygen atoms in total. The minimum atomic E-state index is 0.842. The lowest BCUT2D eigenvalue weighted by Gasteiger charge is -2.25. The van der Waals surface area contributed by atoms with Gasteiger partial charge in [0.15, 0.2) is 0 Å². The number of para-hydroxylation sites is 1. The fourth-order valence-electron chi connectivity index (χ4n) is 3.28. The van der Waals surface area contributed by atoms with Crippen LogP contribution in [0, 0.1) is 6.92 Å². The van der Waals surface area contributed by atoms with E-state index in [2.05, 4.69) is 121 Å². The standard InChI is InChI=1S/C26H23N/c1-21-12-14-22(15-13-21)20-27(25-10-6-3-7-11-25)26-18-16-24(17-19-26)23-8-4-2-5-9-23/h2-19H,20H2,1H3. The summed E-state index contributed by atoms with van der Waals surface area (Å²) in [6.07, 6.45) is 0. The third kappa shape index (κ3) is 4.09. The lowest BCUT2D eigenvalue weighted by molar-refractivity contribution is 0.974. The molecule has 4 aromatic carbocycles. The SMILES string of the molecule is Cc1ccc(CN(c2ccccc2)c2ccc(-c3ccccc3)cc2)cc1. The van der Waals surface area contributed by atoms with Gasteiger partial charge in [0.1, 0.15) is 0 Å². The molecule has 132 valence electrons. The van der Waals surface area contributed by atoms with Crippen LogP contribution in [-0.2, 0) is 6.54 Å². The van der Waals surface area contributed by atoms with Crippen molar-refractivity contribution in [3.05, 3.63) is 120 Å². The fraction of sp³-hybridized carbons (Fsp3) is 0.0769. The van der Waals surface area contributed by atoms with Gasteiger partial charge < -0.3 is 4.90 Å². The molecule has 0 atom stereocenters. The van der Waals surface area contributed by atoms with Crippen LogP contribution >= 0.6 is 0 Å². The first-order valence-electron chi connectivity index (χ1n) is 9.33. The summed E-state index contributed by atoms with van der Waals surface area (Å²) in [6.45, 7) is 2.97. The number of anilines is 2. The average molecular weight is 349 g/mol. The summed E-state index contributed by atoms with van der Waals surface area (Å²) >= 11 is 0. The number of benzene rings is 4. The van der Waals surface area contributed by atoms with Gasteiger partial charge in [-0.1, -0.05) is 90.5 Å². The Morgan fingerprint density at radius 1 is 0.519 bits per heavy atom. The Kier molecular flexibility index (Phi) is 5.02.